The third kappa shape index (κ3) is 9.47. The van der Waals surface area contributed by atoms with E-state index in [9.17, 15) is 0 Å². The van der Waals surface area contributed by atoms with Crippen LogP contribution in [0.25, 0.3) is 0 Å². The average molecular weight is 264 g/mol. The van der Waals surface area contributed by atoms with Crippen LogP contribution in [0.2, 0.25) is 0 Å². The van der Waals surface area contributed by atoms with Gasteiger partial charge in [-0.05, 0) is 50.6 Å². The second-order valence-electron chi connectivity index (χ2n) is 5.09. The Kier molecular flexibility index (Phi) is 11.3. The van der Waals surface area contributed by atoms with E-state index in [4.69, 9.17) is 11.2 Å². The van der Waals surface area contributed by atoms with Crippen molar-refractivity contribution in [3.8, 4) is 12.3 Å². The molecule has 0 aromatic heterocycles. The topological polar surface area (TPSA) is 33.6 Å². The molecule has 0 saturated heterocycles. The molecule has 1 N–H and O–H groups in total. The highest BCUT2D eigenvalue weighted by atomic mass is 16.5. The van der Waals surface area contributed by atoms with Crippen LogP contribution < -0.4 is 5.32 Å². The first-order chi connectivity index (χ1) is 9.17. The number of nitrogens with one attached hydrogen (secondary N) is 1. The number of ether oxygens (including phenoxy) is 1. The summed E-state index contributed by atoms with van der Waals surface area (Å²) in [6, 6.07) is 0. The first-order valence-electron chi connectivity index (χ1n) is 6.85. The minimum Gasteiger partial charge on any atom is -0.380 e. The van der Waals surface area contributed by atoms with Gasteiger partial charge in [0.05, 0.1) is 13.2 Å². The molecule has 0 fully saturated rings. The van der Waals surface area contributed by atoms with Crippen LogP contribution in [0.1, 0.15) is 26.2 Å². The van der Waals surface area contributed by atoms with Gasteiger partial charge >= 0.3 is 0 Å². The molecule has 0 aliphatic carbocycles. The number of terminal acetylenes is 1. The summed E-state index contributed by atoms with van der Waals surface area (Å²) < 4.78 is 5.15. The van der Waals surface area contributed by atoms with E-state index >= 15 is 0 Å². The molecule has 0 saturated carbocycles. The second kappa shape index (κ2) is 12.0. The van der Waals surface area contributed by atoms with Crippen LogP contribution in [-0.2, 0) is 4.74 Å². The minimum absolute atomic E-state index is 0.557. The van der Waals surface area contributed by atoms with Crippen molar-refractivity contribution in [1.29, 1.82) is 0 Å². The maximum atomic E-state index is 5.41. The van der Waals surface area contributed by atoms with E-state index in [-0.39, 0.29) is 0 Å². The molecule has 0 aromatic rings. The quantitative estimate of drug-likeness (QED) is 0.353. The molecule has 0 heterocycles. The Bertz CT molecular complexity index is 304. The molecule has 0 amide bonds. The summed E-state index contributed by atoms with van der Waals surface area (Å²) in [5, 5.41) is 3.21. The molecule has 2 atom stereocenters. The van der Waals surface area contributed by atoms with Crippen molar-refractivity contribution in [2.24, 2.45) is 16.8 Å². The molecule has 3 nitrogen and oxygen atoms in total. The lowest BCUT2D eigenvalue weighted by Crippen LogP contribution is -2.20. The smallest absolute Gasteiger partial charge is 0.0690 e. The number of hydrogen-bond acceptors (Lipinski definition) is 3. The van der Waals surface area contributed by atoms with E-state index in [2.05, 4.69) is 35.9 Å². The van der Waals surface area contributed by atoms with Crippen LogP contribution in [0.4, 0.5) is 0 Å². The van der Waals surface area contributed by atoms with Gasteiger partial charge in [0.25, 0.3) is 0 Å². The van der Waals surface area contributed by atoms with E-state index in [1.807, 2.05) is 7.05 Å². The van der Waals surface area contributed by atoms with Crippen molar-refractivity contribution in [3.63, 3.8) is 0 Å². The zero-order valence-electron chi connectivity index (χ0n) is 12.6. The number of aliphatic imine (C=N–C) groups is 1. The molecule has 19 heavy (non-hydrogen) atoms. The van der Waals surface area contributed by atoms with E-state index < -0.39 is 0 Å². The summed E-state index contributed by atoms with van der Waals surface area (Å²) in [4.78, 5) is 3.92. The predicted octanol–water partition coefficient (Wildman–Crippen LogP) is 2.54. The molecule has 0 bridgehead atoms. The Balaban J connectivity index is 4.25. The van der Waals surface area contributed by atoms with Crippen molar-refractivity contribution < 1.29 is 4.74 Å². The number of rotatable bonds is 11. The molecular weight excluding hydrogens is 236 g/mol. The molecule has 0 radical (unpaired) electrons. The van der Waals surface area contributed by atoms with Gasteiger partial charge in [-0.25, -0.2) is 0 Å². The summed E-state index contributed by atoms with van der Waals surface area (Å²) in [6.45, 7) is 8.07. The van der Waals surface area contributed by atoms with E-state index in [0.717, 1.165) is 25.8 Å². The van der Waals surface area contributed by atoms with Gasteiger partial charge in [-0.3, -0.25) is 4.99 Å². The van der Waals surface area contributed by atoms with Crippen LogP contribution in [0.5, 0.6) is 0 Å². The largest absolute Gasteiger partial charge is 0.380 e. The zero-order valence-corrected chi connectivity index (χ0v) is 12.6. The van der Waals surface area contributed by atoms with E-state index in [1.165, 1.54) is 5.57 Å². The molecule has 0 aliphatic rings. The van der Waals surface area contributed by atoms with Crippen molar-refractivity contribution in [2.45, 2.75) is 26.2 Å². The van der Waals surface area contributed by atoms with Crippen LogP contribution in [0.3, 0.4) is 0 Å². The van der Waals surface area contributed by atoms with Crippen molar-refractivity contribution >= 4 is 6.72 Å². The highest BCUT2D eigenvalue weighted by molar-refractivity contribution is 5.25. The molecule has 2 unspecified atom stereocenters. The molecule has 108 valence electrons. The minimum atomic E-state index is 0.557. The van der Waals surface area contributed by atoms with Crippen molar-refractivity contribution in [2.75, 3.05) is 33.9 Å². The summed E-state index contributed by atoms with van der Waals surface area (Å²) in [5.74, 6) is 3.94. The summed E-state index contributed by atoms with van der Waals surface area (Å²) in [7, 11) is 3.68. The van der Waals surface area contributed by atoms with Gasteiger partial charge in [-0.1, -0.05) is 13.0 Å². The van der Waals surface area contributed by atoms with Gasteiger partial charge in [0, 0.05) is 13.5 Å². The van der Waals surface area contributed by atoms with Gasteiger partial charge in [-0.2, -0.15) is 0 Å². The molecule has 0 aromatic carbocycles. The predicted molar refractivity (Wildman–Crippen MR) is 83.6 cm³/mol. The van der Waals surface area contributed by atoms with Gasteiger partial charge < -0.3 is 10.1 Å². The number of allylic oxidation sites excluding steroid dienone is 1. The fourth-order valence-electron chi connectivity index (χ4n) is 2.23. The van der Waals surface area contributed by atoms with Crippen molar-refractivity contribution in [3.05, 3.63) is 11.6 Å². The molecular formula is C16H28N2O. The lowest BCUT2D eigenvalue weighted by Gasteiger charge is -2.18. The summed E-state index contributed by atoms with van der Waals surface area (Å²) in [6.07, 6.45) is 10.7. The van der Waals surface area contributed by atoms with E-state index in [1.54, 1.807) is 7.11 Å². The number of hydrogen-bond donors (Lipinski definition) is 1. The fraction of sp³-hybridized carbons (Fsp3) is 0.688. The maximum Gasteiger partial charge on any atom is 0.0690 e. The third-order valence-electron chi connectivity index (χ3n) is 3.09. The Labute approximate surface area is 118 Å². The second-order valence-corrected chi connectivity index (χ2v) is 5.09. The van der Waals surface area contributed by atoms with Gasteiger partial charge in [0.15, 0.2) is 0 Å². The Hall–Kier alpha value is -1.11. The molecule has 0 rings (SSSR count). The Morgan fingerprint density at radius 2 is 2.32 bits per heavy atom. The van der Waals surface area contributed by atoms with Crippen molar-refractivity contribution in [1.82, 2.24) is 5.32 Å². The lowest BCUT2D eigenvalue weighted by atomic mass is 9.90. The van der Waals surface area contributed by atoms with E-state index in [0.29, 0.717) is 25.0 Å². The maximum absolute atomic E-state index is 5.41. The van der Waals surface area contributed by atoms with Gasteiger partial charge in [-0.15, -0.1) is 12.3 Å². The first-order valence-corrected chi connectivity index (χ1v) is 6.85. The molecule has 3 heteroatoms. The zero-order chi connectivity index (χ0) is 14.5. The molecule has 0 aliphatic heterocycles. The highest BCUT2D eigenvalue weighted by Gasteiger charge is 2.11. The van der Waals surface area contributed by atoms with Gasteiger partial charge in [0.1, 0.15) is 0 Å². The standard InChI is InChI=1S/C16H28N2O/c1-6-7-15(11-17-3)10-14(2)8-9-16(12-18-4)13-19-5/h1,9,14-15,17H,4,7-8,10-13H2,2-3,5H3/b16-9+. The Morgan fingerprint density at radius 1 is 1.58 bits per heavy atom. The van der Waals surface area contributed by atoms with Crippen LogP contribution in [0, 0.1) is 24.2 Å². The monoisotopic (exact) mass is 264 g/mol. The van der Waals surface area contributed by atoms with Gasteiger partial charge in [0.2, 0.25) is 0 Å². The fourth-order valence-corrected chi connectivity index (χ4v) is 2.23. The Morgan fingerprint density at radius 3 is 2.84 bits per heavy atom. The van der Waals surface area contributed by atoms with Crippen LogP contribution >= 0.6 is 0 Å². The first kappa shape index (κ1) is 17.9. The third-order valence-corrected chi connectivity index (χ3v) is 3.09. The summed E-state index contributed by atoms with van der Waals surface area (Å²) >= 11 is 0. The number of methoxy groups -OCH3 is 1. The van der Waals surface area contributed by atoms with Crippen LogP contribution in [0.15, 0.2) is 16.6 Å². The van der Waals surface area contributed by atoms with Crippen LogP contribution in [-0.4, -0.2) is 40.6 Å². The lowest BCUT2D eigenvalue weighted by molar-refractivity contribution is 0.224. The summed E-state index contributed by atoms with van der Waals surface area (Å²) in [5.41, 5.74) is 1.20. The average Bonchev–Trinajstić information content (AvgIpc) is 2.37. The molecule has 0 spiro atoms. The SMILES string of the molecule is C#CCC(CNC)CC(C)C/C=C(\CN=C)COC. The highest BCUT2D eigenvalue weighted by Crippen LogP contribution is 2.19. The normalized spacial score (nSPS) is 14.7. The number of nitrogens with zero attached hydrogens (tertiary/aromatic N) is 1.